The Morgan fingerprint density at radius 3 is 2.37 bits per heavy atom. The molecule has 0 heterocycles. The topological polar surface area (TPSA) is 12.4 Å². The van der Waals surface area contributed by atoms with Crippen LogP contribution in [0.15, 0.2) is 89.5 Å². The van der Waals surface area contributed by atoms with E-state index in [1.807, 2.05) is 12.1 Å². The maximum atomic E-state index is 5.36. The van der Waals surface area contributed by atoms with E-state index < -0.39 is 0 Å². The van der Waals surface area contributed by atoms with Crippen LogP contribution in [0.1, 0.15) is 56.7 Å². The van der Waals surface area contributed by atoms with Crippen molar-refractivity contribution in [2.24, 2.45) is 10.9 Å². The van der Waals surface area contributed by atoms with E-state index in [1.54, 1.807) is 0 Å². The molecule has 1 nitrogen and oxygen atoms in total. The Balaban J connectivity index is 2.49. The fourth-order valence-corrected chi connectivity index (χ4v) is 3.12. The van der Waals surface area contributed by atoms with Crippen molar-refractivity contribution in [3.05, 3.63) is 101 Å². The normalized spacial score (nSPS) is 14.0. The third kappa shape index (κ3) is 7.05. The molecule has 1 atom stereocenters. The van der Waals surface area contributed by atoms with Crippen molar-refractivity contribution in [2.75, 3.05) is 0 Å². The summed E-state index contributed by atoms with van der Waals surface area (Å²) >= 11 is 0. The van der Waals surface area contributed by atoms with Gasteiger partial charge in [0.1, 0.15) is 0 Å². The molecule has 0 spiro atoms. The van der Waals surface area contributed by atoms with Crippen LogP contribution in [0.4, 0.5) is 0 Å². The standard InChI is InChI=1S/C29H33N/c1-6-9-11-14-25(8-3)19-22-28(26-15-12-10-13-16-26)30-29(24(5)7-2)27-20-17-23(4)18-21-27/h1,8,10-18,20-22,24H,7,9,19H2,2-5H3/b14-11-,25-8+,28-22-,30-29?/t24-/m1/s1. The van der Waals surface area contributed by atoms with Gasteiger partial charge in [-0.2, -0.15) is 0 Å². The Kier molecular flexibility index (Phi) is 9.62. The van der Waals surface area contributed by atoms with Crippen molar-refractivity contribution in [2.45, 2.75) is 47.0 Å². The Hall–Kier alpha value is -3.11. The van der Waals surface area contributed by atoms with Gasteiger partial charge in [0.25, 0.3) is 0 Å². The van der Waals surface area contributed by atoms with Crippen LogP contribution in [0.25, 0.3) is 5.70 Å². The molecule has 0 unspecified atom stereocenters. The lowest BCUT2D eigenvalue weighted by Gasteiger charge is -2.15. The number of rotatable bonds is 9. The van der Waals surface area contributed by atoms with Crippen LogP contribution in [0.3, 0.4) is 0 Å². The van der Waals surface area contributed by atoms with Crippen LogP contribution in [0.2, 0.25) is 0 Å². The summed E-state index contributed by atoms with van der Waals surface area (Å²) in [7, 11) is 0. The first-order valence-corrected chi connectivity index (χ1v) is 10.7. The minimum absolute atomic E-state index is 0.372. The fraction of sp³-hybridized carbons (Fsp3) is 0.276. The van der Waals surface area contributed by atoms with E-state index >= 15 is 0 Å². The molecular formula is C29H33N. The average molecular weight is 396 g/mol. The molecule has 0 bridgehead atoms. The second-order valence-electron chi connectivity index (χ2n) is 7.51. The molecule has 154 valence electrons. The van der Waals surface area contributed by atoms with E-state index in [4.69, 9.17) is 11.4 Å². The predicted octanol–water partition coefficient (Wildman–Crippen LogP) is 7.79. The fourth-order valence-electron chi connectivity index (χ4n) is 3.12. The number of terminal acetylenes is 1. The molecule has 0 radical (unpaired) electrons. The first-order chi connectivity index (χ1) is 14.6. The minimum Gasteiger partial charge on any atom is -0.252 e. The highest BCUT2D eigenvalue weighted by atomic mass is 14.8. The first kappa shape index (κ1) is 23.2. The highest BCUT2D eigenvalue weighted by Crippen LogP contribution is 2.23. The lowest BCUT2D eigenvalue weighted by atomic mass is 9.95. The summed E-state index contributed by atoms with van der Waals surface area (Å²) in [5.74, 6) is 3.03. The predicted molar refractivity (Wildman–Crippen MR) is 133 cm³/mol. The van der Waals surface area contributed by atoms with Gasteiger partial charge in [0.05, 0.1) is 11.4 Å². The zero-order valence-corrected chi connectivity index (χ0v) is 18.7. The number of aliphatic imine (C=N–C) groups is 1. The van der Waals surface area contributed by atoms with E-state index in [0.29, 0.717) is 12.3 Å². The molecule has 0 aliphatic carbocycles. The van der Waals surface area contributed by atoms with E-state index in [2.05, 4.69) is 100 Å². The summed E-state index contributed by atoms with van der Waals surface area (Å²) in [6, 6.07) is 19.1. The van der Waals surface area contributed by atoms with Gasteiger partial charge in [-0.05, 0) is 49.3 Å². The first-order valence-electron chi connectivity index (χ1n) is 10.7. The number of nitrogens with zero attached hydrogens (tertiary/aromatic N) is 1. The van der Waals surface area contributed by atoms with Gasteiger partial charge in [-0.3, -0.25) is 4.99 Å². The summed E-state index contributed by atoms with van der Waals surface area (Å²) in [5.41, 5.74) is 6.96. The van der Waals surface area contributed by atoms with Gasteiger partial charge >= 0.3 is 0 Å². The van der Waals surface area contributed by atoms with Crippen molar-refractivity contribution in [3.63, 3.8) is 0 Å². The van der Waals surface area contributed by atoms with E-state index in [0.717, 1.165) is 29.8 Å². The third-order valence-electron chi connectivity index (χ3n) is 5.21. The molecule has 0 aliphatic heterocycles. The Bertz CT molecular complexity index is 948. The van der Waals surface area contributed by atoms with Gasteiger partial charge in [0.2, 0.25) is 0 Å². The molecule has 2 aromatic rings. The number of allylic oxidation sites excluding steroid dienone is 5. The zero-order valence-electron chi connectivity index (χ0n) is 18.7. The van der Waals surface area contributed by atoms with Gasteiger partial charge in [-0.25, -0.2) is 0 Å². The summed E-state index contributed by atoms with van der Waals surface area (Å²) in [5, 5.41) is 0. The van der Waals surface area contributed by atoms with Crippen LogP contribution < -0.4 is 0 Å². The Morgan fingerprint density at radius 2 is 1.77 bits per heavy atom. The smallest absolute Gasteiger partial charge is 0.0669 e. The van der Waals surface area contributed by atoms with Gasteiger partial charge in [-0.15, -0.1) is 12.3 Å². The molecule has 30 heavy (non-hydrogen) atoms. The van der Waals surface area contributed by atoms with Crippen molar-refractivity contribution < 1.29 is 0 Å². The molecule has 0 N–H and O–H groups in total. The lowest BCUT2D eigenvalue weighted by molar-refractivity contribution is 0.740. The van der Waals surface area contributed by atoms with E-state index in [-0.39, 0.29) is 0 Å². The third-order valence-corrected chi connectivity index (χ3v) is 5.21. The SMILES string of the molecule is C#CC/C=C\C(=C/C)C/C=C(\N=C(c1ccc(C)cc1)[C@H](C)CC)c1ccccc1. The molecule has 0 saturated heterocycles. The van der Waals surface area contributed by atoms with Crippen molar-refractivity contribution in [3.8, 4) is 12.3 Å². The van der Waals surface area contributed by atoms with Crippen molar-refractivity contribution in [1.82, 2.24) is 0 Å². The van der Waals surface area contributed by atoms with Crippen LogP contribution in [0.5, 0.6) is 0 Å². The number of hydrogen-bond acceptors (Lipinski definition) is 1. The zero-order chi connectivity index (χ0) is 21.8. The largest absolute Gasteiger partial charge is 0.252 e. The molecule has 0 aliphatic rings. The van der Waals surface area contributed by atoms with E-state index in [9.17, 15) is 0 Å². The van der Waals surface area contributed by atoms with Crippen molar-refractivity contribution >= 4 is 11.4 Å². The maximum Gasteiger partial charge on any atom is 0.0669 e. The molecule has 0 fully saturated rings. The van der Waals surface area contributed by atoms with Gasteiger partial charge in [0.15, 0.2) is 0 Å². The van der Waals surface area contributed by atoms with Gasteiger partial charge in [-0.1, -0.05) is 98.3 Å². The second kappa shape index (κ2) is 12.5. The maximum absolute atomic E-state index is 5.36. The highest BCUT2D eigenvalue weighted by molar-refractivity contribution is 6.04. The minimum atomic E-state index is 0.372. The van der Waals surface area contributed by atoms with Crippen LogP contribution in [-0.2, 0) is 0 Å². The Morgan fingerprint density at radius 1 is 1.07 bits per heavy atom. The number of aryl methyl sites for hydroxylation is 1. The molecule has 1 heteroatoms. The lowest BCUT2D eigenvalue weighted by Crippen LogP contribution is -2.12. The van der Waals surface area contributed by atoms with Gasteiger partial charge < -0.3 is 0 Å². The quantitative estimate of drug-likeness (QED) is 0.233. The van der Waals surface area contributed by atoms with Crippen LogP contribution >= 0.6 is 0 Å². The highest BCUT2D eigenvalue weighted by Gasteiger charge is 2.13. The molecule has 0 amide bonds. The number of benzene rings is 2. The molecule has 0 saturated carbocycles. The second-order valence-corrected chi connectivity index (χ2v) is 7.51. The summed E-state index contributed by atoms with van der Waals surface area (Å²) in [6.07, 6.45) is 16.4. The molecule has 2 aromatic carbocycles. The molecule has 0 aromatic heterocycles. The number of hydrogen-bond donors (Lipinski definition) is 0. The summed E-state index contributed by atoms with van der Waals surface area (Å²) in [6.45, 7) is 8.65. The van der Waals surface area contributed by atoms with Crippen LogP contribution in [0, 0.1) is 25.2 Å². The van der Waals surface area contributed by atoms with Gasteiger partial charge in [0, 0.05) is 6.42 Å². The van der Waals surface area contributed by atoms with E-state index in [1.165, 1.54) is 16.7 Å². The van der Waals surface area contributed by atoms with Crippen LogP contribution in [-0.4, -0.2) is 5.71 Å². The molecule has 2 rings (SSSR count). The Labute approximate surface area is 183 Å². The summed E-state index contributed by atoms with van der Waals surface area (Å²) < 4.78 is 0. The molecular weight excluding hydrogens is 362 g/mol. The monoisotopic (exact) mass is 395 g/mol. The van der Waals surface area contributed by atoms with Crippen molar-refractivity contribution in [1.29, 1.82) is 0 Å². The summed E-state index contributed by atoms with van der Waals surface area (Å²) in [4.78, 5) is 5.21. The average Bonchev–Trinajstić information content (AvgIpc) is 2.79.